The third kappa shape index (κ3) is 3.79. The van der Waals surface area contributed by atoms with Crippen molar-refractivity contribution in [2.24, 2.45) is 0 Å². The van der Waals surface area contributed by atoms with Crippen LogP contribution in [0.1, 0.15) is 24.0 Å². The molecule has 0 amide bonds. The summed E-state index contributed by atoms with van der Waals surface area (Å²) in [4.78, 5) is 13.5. The first-order valence-corrected chi connectivity index (χ1v) is 8.71. The molecule has 0 radical (unpaired) electrons. The molecule has 0 unspecified atom stereocenters. The van der Waals surface area contributed by atoms with Gasteiger partial charge in [0.1, 0.15) is 4.90 Å². The highest BCUT2D eigenvalue weighted by atomic mass is 32.2. The van der Waals surface area contributed by atoms with Gasteiger partial charge >= 0.3 is 4.87 Å². The highest BCUT2D eigenvalue weighted by molar-refractivity contribution is 7.89. The van der Waals surface area contributed by atoms with E-state index in [1.165, 1.54) is 0 Å². The Morgan fingerprint density at radius 2 is 2.14 bits per heavy atom. The average Bonchev–Trinajstić information content (AvgIpc) is 3.00. The van der Waals surface area contributed by atoms with E-state index in [4.69, 9.17) is 0 Å². The monoisotopic (exact) mass is 331 g/mol. The molecule has 8 nitrogen and oxygen atoms in total. The first kappa shape index (κ1) is 15.9. The second-order valence-corrected chi connectivity index (χ2v) is 6.95. The number of sulfonamides is 1. The molecule has 0 spiro atoms. The van der Waals surface area contributed by atoms with Crippen molar-refractivity contribution in [1.29, 1.82) is 0 Å². The van der Waals surface area contributed by atoms with Crippen LogP contribution in [0.15, 0.2) is 15.1 Å². The second kappa shape index (κ2) is 6.52. The number of nitrogens with one attached hydrogen (secondary N) is 4. The lowest BCUT2D eigenvalue weighted by Gasteiger charge is -2.07. The Morgan fingerprint density at radius 1 is 1.38 bits per heavy atom. The molecular formula is C11H17N5O3S2. The fourth-order valence-electron chi connectivity index (χ4n) is 1.83. The highest BCUT2D eigenvalue weighted by Crippen LogP contribution is 2.17. The summed E-state index contributed by atoms with van der Waals surface area (Å²) < 4.78 is 27.3. The molecule has 0 saturated carbocycles. The van der Waals surface area contributed by atoms with Gasteiger partial charge in [0, 0.05) is 17.6 Å². The van der Waals surface area contributed by atoms with Crippen molar-refractivity contribution in [3.8, 4) is 0 Å². The van der Waals surface area contributed by atoms with Crippen molar-refractivity contribution < 1.29 is 8.42 Å². The fraction of sp³-hybridized carbons (Fsp3) is 0.455. The molecule has 21 heavy (non-hydrogen) atoms. The predicted molar refractivity (Wildman–Crippen MR) is 79.7 cm³/mol. The zero-order valence-electron chi connectivity index (χ0n) is 11.7. The summed E-state index contributed by atoms with van der Waals surface area (Å²) in [5.41, 5.74) is 1.46. The number of nitrogens with zero attached hydrogens (tertiary/aromatic N) is 1. The smallest absolute Gasteiger partial charge is 0.304 e. The number of hydrogen-bond donors (Lipinski definition) is 4. The number of aromatic amines is 2. The van der Waals surface area contributed by atoms with Crippen molar-refractivity contribution in [1.82, 2.24) is 25.2 Å². The van der Waals surface area contributed by atoms with Gasteiger partial charge in [0.2, 0.25) is 10.0 Å². The molecule has 2 aromatic rings. The topological polar surface area (TPSA) is 120 Å². The quantitative estimate of drug-likeness (QED) is 0.572. The lowest BCUT2D eigenvalue weighted by molar-refractivity contribution is 0.577. The number of aromatic nitrogens is 3. The summed E-state index contributed by atoms with van der Waals surface area (Å²) in [5, 5.41) is 11.3. The average molecular weight is 331 g/mol. The molecule has 0 aliphatic carbocycles. The number of hydrogen-bond acceptors (Lipinski definition) is 6. The van der Waals surface area contributed by atoms with Crippen LogP contribution in [0.3, 0.4) is 0 Å². The number of H-pyrrole nitrogens is 2. The van der Waals surface area contributed by atoms with Gasteiger partial charge in [-0.15, -0.1) is 0 Å². The summed E-state index contributed by atoms with van der Waals surface area (Å²) in [6, 6.07) is 0. The molecule has 2 heterocycles. The van der Waals surface area contributed by atoms with Crippen LogP contribution in [-0.2, 0) is 23.1 Å². The van der Waals surface area contributed by atoms with Crippen molar-refractivity contribution in [2.75, 3.05) is 6.54 Å². The van der Waals surface area contributed by atoms with E-state index in [1.54, 1.807) is 12.3 Å². The summed E-state index contributed by atoms with van der Waals surface area (Å²) in [6.07, 6.45) is 0. The Labute approximate surface area is 126 Å². The standard InChI is InChI=1S/C11H17N5O3S2/c1-3-12-5-9-10(7(2)15-16-9)21(18,19)13-4-8-6-20-11(17)14-8/h6,12-13H,3-5H2,1-2H3,(H,14,17)(H,15,16). The van der Waals surface area contributed by atoms with E-state index in [0.717, 1.165) is 17.9 Å². The first-order valence-electron chi connectivity index (χ1n) is 6.35. The van der Waals surface area contributed by atoms with Gasteiger partial charge in [0.15, 0.2) is 0 Å². The SMILES string of the molecule is CCNCc1n[nH]c(C)c1S(=O)(=O)NCc1csc(=O)[nH]1. The maximum atomic E-state index is 12.4. The molecule has 0 aliphatic rings. The Morgan fingerprint density at radius 3 is 2.76 bits per heavy atom. The van der Waals surface area contributed by atoms with Crippen LogP contribution in [0, 0.1) is 6.92 Å². The molecule has 0 atom stereocenters. The van der Waals surface area contributed by atoms with Crippen LogP contribution in [0.25, 0.3) is 0 Å². The minimum Gasteiger partial charge on any atom is -0.315 e. The van der Waals surface area contributed by atoms with Crippen LogP contribution in [0.5, 0.6) is 0 Å². The molecule has 0 aromatic carbocycles. The lowest BCUT2D eigenvalue weighted by Crippen LogP contribution is -2.26. The van der Waals surface area contributed by atoms with E-state index < -0.39 is 10.0 Å². The van der Waals surface area contributed by atoms with Crippen molar-refractivity contribution >= 4 is 21.4 Å². The summed E-state index contributed by atoms with van der Waals surface area (Å²) in [6.45, 7) is 4.70. The van der Waals surface area contributed by atoms with E-state index >= 15 is 0 Å². The summed E-state index contributed by atoms with van der Waals surface area (Å²) >= 11 is 0.995. The van der Waals surface area contributed by atoms with E-state index in [-0.39, 0.29) is 16.3 Å². The Balaban J connectivity index is 2.18. The number of thiazole rings is 1. The number of aryl methyl sites for hydroxylation is 1. The van der Waals surface area contributed by atoms with Gasteiger partial charge in [-0.3, -0.25) is 9.89 Å². The molecule has 2 rings (SSSR count). The summed E-state index contributed by atoms with van der Waals surface area (Å²) in [7, 11) is -3.70. The van der Waals surface area contributed by atoms with Gasteiger partial charge in [-0.2, -0.15) is 5.10 Å². The molecule has 116 valence electrons. The van der Waals surface area contributed by atoms with Crippen LogP contribution < -0.4 is 14.9 Å². The molecule has 0 aliphatic heterocycles. The molecule has 2 aromatic heterocycles. The zero-order chi connectivity index (χ0) is 15.5. The van der Waals surface area contributed by atoms with E-state index in [9.17, 15) is 13.2 Å². The third-order valence-corrected chi connectivity index (χ3v) is 5.12. The summed E-state index contributed by atoms with van der Waals surface area (Å²) in [5.74, 6) is 0. The fourth-order valence-corrected chi connectivity index (χ4v) is 3.78. The van der Waals surface area contributed by atoms with Crippen molar-refractivity contribution in [3.63, 3.8) is 0 Å². The Bertz CT molecular complexity index is 759. The molecule has 4 N–H and O–H groups in total. The molecule has 10 heteroatoms. The van der Waals surface area contributed by atoms with Gasteiger partial charge in [-0.1, -0.05) is 18.3 Å². The van der Waals surface area contributed by atoms with E-state index in [0.29, 0.717) is 23.6 Å². The van der Waals surface area contributed by atoms with Crippen LogP contribution in [-0.4, -0.2) is 30.1 Å². The minimum absolute atomic E-state index is 0.0341. The molecule has 0 bridgehead atoms. The van der Waals surface area contributed by atoms with Crippen LogP contribution in [0.4, 0.5) is 0 Å². The van der Waals surface area contributed by atoms with Gasteiger partial charge in [0.05, 0.1) is 17.9 Å². The lowest BCUT2D eigenvalue weighted by atomic mass is 10.3. The van der Waals surface area contributed by atoms with Gasteiger partial charge in [0.25, 0.3) is 0 Å². The van der Waals surface area contributed by atoms with E-state index in [2.05, 4.69) is 25.2 Å². The zero-order valence-corrected chi connectivity index (χ0v) is 13.3. The van der Waals surface area contributed by atoms with Gasteiger partial charge < -0.3 is 10.3 Å². The normalized spacial score (nSPS) is 11.9. The molecular weight excluding hydrogens is 314 g/mol. The third-order valence-electron chi connectivity index (χ3n) is 2.80. The number of rotatable bonds is 7. The van der Waals surface area contributed by atoms with Crippen LogP contribution >= 0.6 is 11.3 Å². The minimum atomic E-state index is -3.70. The van der Waals surface area contributed by atoms with Gasteiger partial charge in [-0.25, -0.2) is 13.1 Å². The Kier molecular flexibility index (Phi) is 4.93. The maximum Gasteiger partial charge on any atom is 0.304 e. The maximum absolute atomic E-state index is 12.4. The highest BCUT2D eigenvalue weighted by Gasteiger charge is 2.23. The largest absolute Gasteiger partial charge is 0.315 e. The van der Waals surface area contributed by atoms with Crippen molar-refractivity contribution in [3.05, 3.63) is 32.1 Å². The van der Waals surface area contributed by atoms with Crippen molar-refractivity contribution in [2.45, 2.75) is 31.8 Å². The molecule has 0 fully saturated rings. The van der Waals surface area contributed by atoms with E-state index in [1.807, 2.05) is 6.92 Å². The molecule has 0 saturated heterocycles. The Hall–Kier alpha value is -1.49. The van der Waals surface area contributed by atoms with Gasteiger partial charge in [-0.05, 0) is 13.5 Å². The first-order chi connectivity index (χ1) is 9.94. The van der Waals surface area contributed by atoms with Crippen LogP contribution in [0.2, 0.25) is 0 Å². The second-order valence-electron chi connectivity index (χ2n) is 4.40. The predicted octanol–water partition coefficient (Wildman–Crippen LogP) is 0.0559.